The molecule has 0 bridgehead atoms. The predicted molar refractivity (Wildman–Crippen MR) is 112 cm³/mol. The number of carbonyl (C=O) groups excluding carboxylic acids is 2. The number of carbonyl (C=O) groups is 2. The van der Waals surface area contributed by atoms with Gasteiger partial charge < -0.3 is 19.7 Å². The average molecular weight is 400 g/mol. The molecule has 0 spiro atoms. The number of nitrogens with zero attached hydrogens (tertiary/aromatic N) is 1. The second-order valence-corrected chi connectivity index (χ2v) is 7.57. The van der Waals surface area contributed by atoms with Crippen molar-refractivity contribution >= 4 is 11.9 Å². The van der Waals surface area contributed by atoms with Crippen molar-refractivity contribution < 1.29 is 19.6 Å². The Labute approximate surface area is 176 Å². The van der Waals surface area contributed by atoms with E-state index < -0.39 is 5.97 Å². The number of amides is 1. The second-order valence-electron chi connectivity index (χ2n) is 7.57. The summed E-state index contributed by atoms with van der Waals surface area (Å²) >= 11 is 0. The molecule has 5 heteroatoms. The van der Waals surface area contributed by atoms with Crippen LogP contribution >= 0.6 is 0 Å². The number of piperazine rings is 1. The number of hydrogen-bond donors (Lipinski definition) is 1. The Morgan fingerprint density at radius 3 is 1.67 bits per heavy atom. The van der Waals surface area contributed by atoms with Crippen molar-refractivity contribution in [3.63, 3.8) is 0 Å². The van der Waals surface area contributed by atoms with Crippen molar-refractivity contribution in [1.82, 2.24) is 4.90 Å². The van der Waals surface area contributed by atoms with Gasteiger partial charge in [0.25, 0.3) is 5.91 Å². The van der Waals surface area contributed by atoms with Crippen molar-refractivity contribution in [1.29, 1.82) is 0 Å². The molecule has 0 saturated carbocycles. The van der Waals surface area contributed by atoms with E-state index in [1.165, 1.54) is 28.2 Å². The van der Waals surface area contributed by atoms with E-state index in [9.17, 15) is 14.7 Å². The monoisotopic (exact) mass is 400 g/mol. The number of nitrogens with one attached hydrogen (secondary N) is 1. The van der Waals surface area contributed by atoms with E-state index in [4.69, 9.17) is 0 Å². The Bertz CT molecular complexity index is 956. The summed E-state index contributed by atoms with van der Waals surface area (Å²) < 4.78 is 0. The van der Waals surface area contributed by atoms with E-state index >= 15 is 0 Å². The summed E-state index contributed by atoms with van der Waals surface area (Å²) in [6.45, 7) is 3.01. The molecule has 5 nitrogen and oxygen atoms in total. The standard InChI is InChI=1S/C25H24N2O3/c28-24(21-11-13-22(14-12-21)25(29)30)27-17-15-26(16-18-27)23(19-7-3-1-4-8-19)20-9-5-2-6-10-20/h1-14,23H,15-18H2,(H,29,30). The highest BCUT2D eigenvalue weighted by Gasteiger charge is 2.31. The average Bonchev–Trinajstić information content (AvgIpc) is 2.81. The highest BCUT2D eigenvalue weighted by atomic mass is 16.4. The van der Waals surface area contributed by atoms with Gasteiger partial charge in [-0.1, -0.05) is 72.8 Å². The third-order valence-corrected chi connectivity index (χ3v) is 5.73. The Balaban J connectivity index is 1.48. The molecule has 0 aliphatic carbocycles. The molecule has 3 aromatic rings. The van der Waals surface area contributed by atoms with Crippen molar-refractivity contribution in [2.45, 2.75) is 6.04 Å². The summed E-state index contributed by atoms with van der Waals surface area (Å²) in [5.74, 6) is -1.30. The quantitative estimate of drug-likeness (QED) is 0.700. The maximum Gasteiger partial charge on any atom is 0.254 e. The molecule has 4 rings (SSSR count). The number of carboxylic acid groups (broad SMARTS) is 1. The highest BCUT2D eigenvalue weighted by Crippen LogP contribution is 2.19. The lowest BCUT2D eigenvalue weighted by Crippen LogP contribution is -3.15. The zero-order valence-electron chi connectivity index (χ0n) is 16.7. The smallest absolute Gasteiger partial charge is 0.254 e. The van der Waals surface area contributed by atoms with Gasteiger partial charge in [0.1, 0.15) is 6.04 Å². The first kappa shape index (κ1) is 19.9. The Morgan fingerprint density at radius 2 is 1.20 bits per heavy atom. The van der Waals surface area contributed by atoms with Crippen LogP contribution in [0.4, 0.5) is 0 Å². The van der Waals surface area contributed by atoms with Crippen LogP contribution in [0.25, 0.3) is 0 Å². The molecule has 1 fully saturated rings. The minimum atomic E-state index is -1.24. The van der Waals surface area contributed by atoms with Gasteiger partial charge in [0.2, 0.25) is 0 Å². The van der Waals surface area contributed by atoms with E-state index in [1.54, 1.807) is 12.1 Å². The fourth-order valence-electron chi connectivity index (χ4n) is 4.17. The molecule has 1 aliphatic heterocycles. The summed E-state index contributed by atoms with van der Waals surface area (Å²) in [7, 11) is 0. The lowest BCUT2D eigenvalue weighted by atomic mass is 9.96. The first-order valence-electron chi connectivity index (χ1n) is 10.2. The Morgan fingerprint density at radius 1 is 0.733 bits per heavy atom. The molecule has 0 unspecified atom stereocenters. The molecule has 3 aromatic carbocycles. The molecule has 30 heavy (non-hydrogen) atoms. The highest BCUT2D eigenvalue weighted by molar-refractivity contribution is 5.95. The van der Waals surface area contributed by atoms with Gasteiger partial charge in [0.05, 0.1) is 32.1 Å². The topological polar surface area (TPSA) is 64.9 Å². The molecule has 0 radical (unpaired) electrons. The molecular weight excluding hydrogens is 376 g/mol. The number of aromatic carboxylic acids is 1. The normalized spacial score (nSPS) is 14.6. The second kappa shape index (κ2) is 8.93. The van der Waals surface area contributed by atoms with Gasteiger partial charge in [-0.3, -0.25) is 4.79 Å². The van der Waals surface area contributed by atoms with Crippen LogP contribution in [-0.4, -0.2) is 43.0 Å². The van der Waals surface area contributed by atoms with Crippen LogP contribution < -0.4 is 10.0 Å². The number of hydrogen-bond acceptors (Lipinski definition) is 3. The van der Waals surface area contributed by atoms with E-state index in [2.05, 4.69) is 48.5 Å². The van der Waals surface area contributed by atoms with Gasteiger partial charge in [-0.25, -0.2) is 0 Å². The first-order chi connectivity index (χ1) is 14.6. The Hall–Kier alpha value is -3.44. The van der Waals surface area contributed by atoms with Gasteiger partial charge in [-0.2, -0.15) is 0 Å². The first-order valence-corrected chi connectivity index (χ1v) is 10.2. The van der Waals surface area contributed by atoms with Gasteiger partial charge >= 0.3 is 0 Å². The maximum atomic E-state index is 12.9. The summed E-state index contributed by atoms with van der Waals surface area (Å²) in [5.41, 5.74) is 3.13. The lowest BCUT2D eigenvalue weighted by Gasteiger charge is -2.37. The maximum absolute atomic E-state index is 12.9. The third-order valence-electron chi connectivity index (χ3n) is 5.73. The molecule has 1 heterocycles. The van der Waals surface area contributed by atoms with Crippen LogP contribution in [0.5, 0.6) is 0 Å². The van der Waals surface area contributed by atoms with Gasteiger partial charge in [0, 0.05) is 16.7 Å². The number of rotatable bonds is 5. The van der Waals surface area contributed by atoms with Crippen LogP contribution in [0, 0.1) is 0 Å². The fraction of sp³-hybridized carbons (Fsp3) is 0.200. The van der Waals surface area contributed by atoms with Crippen LogP contribution in [-0.2, 0) is 0 Å². The molecule has 152 valence electrons. The molecule has 1 N–H and O–H groups in total. The third kappa shape index (κ3) is 4.26. The number of carboxylic acids is 1. The molecule has 1 aliphatic rings. The SMILES string of the molecule is O=C([O-])c1ccc(C(=O)N2CC[NH+](C(c3ccccc3)c3ccccc3)CC2)cc1. The fourth-order valence-corrected chi connectivity index (χ4v) is 4.17. The summed E-state index contributed by atoms with van der Waals surface area (Å²) in [4.78, 5) is 27.0. The molecule has 0 atom stereocenters. The van der Waals surface area contributed by atoms with Crippen LogP contribution in [0.3, 0.4) is 0 Å². The van der Waals surface area contributed by atoms with Crippen molar-refractivity contribution in [3.8, 4) is 0 Å². The molecular formula is C25H24N2O3. The van der Waals surface area contributed by atoms with Gasteiger partial charge in [0.15, 0.2) is 0 Å². The van der Waals surface area contributed by atoms with E-state index in [-0.39, 0.29) is 17.5 Å². The summed E-state index contributed by atoms with van der Waals surface area (Å²) in [5, 5.41) is 10.9. The number of quaternary nitrogens is 1. The van der Waals surface area contributed by atoms with E-state index in [1.807, 2.05) is 17.0 Å². The van der Waals surface area contributed by atoms with Crippen molar-refractivity contribution in [3.05, 3.63) is 107 Å². The van der Waals surface area contributed by atoms with Gasteiger partial charge in [-0.05, 0) is 17.7 Å². The van der Waals surface area contributed by atoms with Crippen LogP contribution in [0.15, 0.2) is 84.9 Å². The zero-order valence-corrected chi connectivity index (χ0v) is 16.7. The van der Waals surface area contributed by atoms with Crippen LogP contribution in [0.2, 0.25) is 0 Å². The molecule has 0 aromatic heterocycles. The van der Waals surface area contributed by atoms with Crippen molar-refractivity contribution in [2.75, 3.05) is 26.2 Å². The molecule has 1 amide bonds. The lowest BCUT2D eigenvalue weighted by molar-refractivity contribution is -0.929. The number of benzene rings is 3. The van der Waals surface area contributed by atoms with Crippen molar-refractivity contribution in [2.24, 2.45) is 0 Å². The minimum Gasteiger partial charge on any atom is -0.545 e. The van der Waals surface area contributed by atoms with E-state index in [0.29, 0.717) is 18.7 Å². The minimum absolute atomic E-state index is 0.0603. The predicted octanol–water partition coefficient (Wildman–Crippen LogP) is 1.18. The van der Waals surface area contributed by atoms with Gasteiger partial charge in [-0.15, -0.1) is 0 Å². The summed E-state index contributed by atoms with van der Waals surface area (Å²) in [6, 6.07) is 27.2. The van der Waals surface area contributed by atoms with Crippen LogP contribution in [0.1, 0.15) is 37.9 Å². The zero-order chi connectivity index (χ0) is 20.9. The Kier molecular flexibility index (Phi) is 5.91. The largest absolute Gasteiger partial charge is 0.545 e. The van der Waals surface area contributed by atoms with E-state index in [0.717, 1.165) is 13.1 Å². The molecule has 1 saturated heterocycles. The summed E-state index contributed by atoms with van der Waals surface area (Å²) in [6.07, 6.45) is 0.